The Hall–Kier alpha value is -3.20. The van der Waals surface area contributed by atoms with Crippen LogP contribution in [0.25, 0.3) is 0 Å². The number of hydrogen-bond donors (Lipinski definition) is 2. The van der Waals surface area contributed by atoms with E-state index in [2.05, 4.69) is 4.72 Å². The maximum atomic E-state index is 12.4. The molecule has 0 amide bonds. The number of aliphatic hydroxyl groups is 1. The van der Waals surface area contributed by atoms with Gasteiger partial charge in [-0.2, -0.15) is 0 Å². The molecule has 0 aliphatic rings. The average Bonchev–Trinajstić information content (AvgIpc) is 2.79. The van der Waals surface area contributed by atoms with Crippen molar-refractivity contribution in [3.63, 3.8) is 0 Å². The molecule has 3 rings (SSSR count). The van der Waals surface area contributed by atoms with Gasteiger partial charge in [-0.05, 0) is 41.8 Å². The first-order valence-electron chi connectivity index (χ1n) is 9.62. The highest BCUT2D eigenvalue weighted by Gasteiger charge is 2.19. The zero-order chi connectivity index (χ0) is 22.1. The van der Waals surface area contributed by atoms with Crippen molar-refractivity contribution in [2.24, 2.45) is 0 Å². The molecular formula is C23H23NO6S. The number of rotatable bonds is 9. The van der Waals surface area contributed by atoms with Crippen LogP contribution in [-0.4, -0.2) is 32.3 Å². The number of aliphatic hydroxyl groups excluding tert-OH is 1. The summed E-state index contributed by atoms with van der Waals surface area (Å²) in [6, 6.07) is 23.1. The summed E-state index contributed by atoms with van der Waals surface area (Å²) in [6.07, 6.45) is -0.554. The van der Waals surface area contributed by atoms with Crippen LogP contribution in [0.15, 0.2) is 89.8 Å². The van der Waals surface area contributed by atoms with Gasteiger partial charge in [-0.3, -0.25) is 0 Å². The molecule has 0 aliphatic heterocycles. The van der Waals surface area contributed by atoms with Crippen LogP contribution < -0.4 is 9.46 Å². The van der Waals surface area contributed by atoms with Crippen molar-refractivity contribution in [1.82, 2.24) is 4.72 Å². The first-order chi connectivity index (χ1) is 15.0. The van der Waals surface area contributed by atoms with E-state index in [-0.39, 0.29) is 24.5 Å². The number of carbonyl (C=O) groups excluding carboxylic acids is 1. The molecule has 31 heavy (non-hydrogen) atoms. The number of carbonyl (C=O) groups is 1. The van der Waals surface area contributed by atoms with Crippen LogP contribution in [0.3, 0.4) is 0 Å². The third kappa shape index (κ3) is 6.92. The zero-order valence-corrected chi connectivity index (χ0v) is 17.5. The third-order valence-electron chi connectivity index (χ3n) is 4.40. The fourth-order valence-corrected chi connectivity index (χ4v) is 4.10. The standard InChI is InChI=1S/C23H23NO6S/c25-16-20(24-31(27,28)22-9-5-2-6-10-22)15-18-11-13-21(14-12-18)30-23(26)29-17-19-7-3-1-4-8-19/h1-14,20,24-25H,15-17H2/t20-/m0/s1. The first kappa shape index (κ1) is 22.5. The monoisotopic (exact) mass is 441 g/mol. The highest BCUT2D eigenvalue weighted by Crippen LogP contribution is 2.16. The molecule has 0 aliphatic carbocycles. The zero-order valence-electron chi connectivity index (χ0n) is 16.7. The second-order valence-corrected chi connectivity index (χ2v) is 8.50. The molecule has 3 aromatic carbocycles. The molecule has 2 N–H and O–H groups in total. The van der Waals surface area contributed by atoms with Crippen LogP contribution >= 0.6 is 0 Å². The molecule has 0 unspecified atom stereocenters. The summed E-state index contributed by atoms with van der Waals surface area (Å²) in [6.45, 7) is -0.256. The molecule has 0 heterocycles. The highest BCUT2D eigenvalue weighted by atomic mass is 32.2. The smallest absolute Gasteiger partial charge is 0.429 e. The van der Waals surface area contributed by atoms with E-state index in [0.29, 0.717) is 5.75 Å². The van der Waals surface area contributed by atoms with E-state index in [0.717, 1.165) is 11.1 Å². The van der Waals surface area contributed by atoms with Crippen LogP contribution in [0.4, 0.5) is 4.79 Å². The predicted octanol–water partition coefficient (Wildman–Crippen LogP) is 3.28. The van der Waals surface area contributed by atoms with Crippen molar-refractivity contribution in [3.05, 3.63) is 96.1 Å². The van der Waals surface area contributed by atoms with Crippen molar-refractivity contribution in [2.75, 3.05) is 6.61 Å². The van der Waals surface area contributed by atoms with Crippen molar-refractivity contribution >= 4 is 16.2 Å². The summed E-state index contributed by atoms with van der Waals surface area (Å²) in [5, 5.41) is 9.61. The molecule has 162 valence electrons. The van der Waals surface area contributed by atoms with E-state index in [4.69, 9.17) is 9.47 Å². The summed E-state index contributed by atoms with van der Waals surface area (Å²) >= 11 is 0. The summed E-state index contributed by atoms with van der Waals surface area (Å²) in [7, 11) is -3.74. The van der Waals surface area contributed by atoms with Crippen LogP contribution in [0, 0.1) is 0 Å². The number of nitrogens with one attached hydrogen (secondary N) is 1. The third-order valence-corrected chi connectivity index (χ3v) is 5.94. The summed E-state index contributed by atoms with van der Waals surface area (Å²) in [4.78, 5) is 12.0. The van der Waals surface area contributed by atoms with Gasteiger partial charge in [0.15, 0.2) is 0 Å². The fourth-order valence-electron chi connectivity index (χ4n) is 2.85. The molecule has 7 nitrogen and oxygen atoms in total. The lowest BCUT2D eigenvalue weighted by atomic mass is 10.1. The molecule has 0 spiro atoms. The Morgan fingerprint density at radius 1 is 0.871 bits per heavy atom. The fraction of sp³-hybridized carbons (Fsp3) is 0.174. The van der Waals surface area contributed by atoms with Gasteiger partial charge in [0.1, 0.15) is 12.4 Å². The van der Waals surface area contributed by atoms with Gasteiger partial charge < -0.3 is 14.6 Å². The summed E-state index contributed by atoms with van der Waals surface area (Å²) in [5.41, 5.74) is 1.61. The van der Waals surface area contributed by atoms with E-state index in [9.17, 15) is 18.3 Å². The maximum absolute atomic E-state index is 12.4. The van der Waals surface area contributed by atoms with E-state index in [1.54, 1.807) is 42.5 Å². The van der Waals surface area contributed by atoms with Crippen LogP contribution in [0.1, 0.15) is 11.1 Å². The lowest BCUT2D eigenvalue weighted by Crippen LogP contribution is -2.39. The Morgan fingerprint density at radius 3 is 2.10 bits per heavy atom. The molecule has 3 aromatic rings. The summed E-state index contributed by atoms with van der Waals surface area (Å²) in [5.74, 6) is 0.298. The minimum atomic E-state index is -3.74. The molecule has 0 fully saturated rings. The van der Waals surface area contributed by atoms with Gasteiger partial charge in [0.05, 0.1) is 11.5 Å². The minimum absolute atomic E-state index is 0.109. The maximum Gasteiger partial charge on any atom is 0.514 e. The molecule has 8 heteroatoms. The topological polar surface area (TPSA) is 102 Å². The molecule has 0 saturated heterocycles. The van der Waals surface area contributed by atoms with Gasteiger partial charge in [0.2, 0.25) is 10.0 Å². The molecular weight excluding hydrogens is 418 g/mol. The minimum Gasteiger partial charge on any atom is -0.429 e. The van der Waals surface area contributed by atoms with E-state index < -0.39 is 22.2 Å². The van der Waals surface area contributed by atoms with Crippen LogP contribution in [0.5, 0.6) is 5.75 Å². The SMILES string of the molecule is O=C(OCc1ccccc1)Oc1ccc(C[C@@H](CO)NS(=O)(=O)c2ccccc2)cc1. The average molecular weight is 442 g/mol. The number of sulfonamides is 1. The quantitative estimate of drug-likeness (QED) is 0.390. The molecule has 0 bridgehead atoms. The van der Waals surface area contributed by atoms with Crippen molar-refractivity contribution in [1.29, 1.82) is 0 Å². The van der Waals surface area contributed by atoms with Gasteiger partial charge in [-0.15, -0.1) is 0 Å². The lowest BCUT2D eigenvalue weighted by molar-refractivity contribution is 0.0927. The Bertz CT molecular complexity index is 1070. The second kappa shape index (κ2) is 10.7. The number of benzene rings is 3. The molecule has 1 atom stereocenters. The first-order valence-corrected chi connectivity index (χ1v) is 11.1. The number of ether oxygens (including phenoxy) is 2. The summed E-state index contributed by atoms with van der Waals surface area (Å²) < 4.78 is 37.6. The Morgan fingerprint density at radius 2 is 1.48 bits per heavy atom. The largest absolute Gasteiger partial charge is 0.514 e. The predicted molar refractivity (Wildman–Crippen MR) is 115 cm³/mol. The van der Waals surface area contributed by atoms with Crippen molar-refractivity contribution in [2.45, 2.75) is 24.0 Å². The molecule has 0 radical (unpaired) electrons. The van der Waals surface area contributed by atoms with Crippen molar-refractivity contribution in [3.8, 4) is 5.75 Å². The molecule has 0 saturated carbocycles. The van der Waals surface area contributed by atoms with E-state index in [1.165, 1.54) is 12.1 Å². The Labute approximate surface area is 181 Å². The van der Waals surface area contributed by atoms with Crippen molar-refractivity contribution < 1.29 is 27.8 Å². The lowest BCUT2D eigenvalue weighted by Gasteiger charge is -2.17. The van der Waals surface area contributed by atoms with Gasteiger partial charge in [0.25, 0.3) is 0 Å². The van der Waals surface area contributed by atoms with Crippen LogP contribution in [-0.2, 0) is 27.8 Å². The van der Waals surface area contributed by atoms with E-state index in [1.807, 2.05) is 30.3 Å². The van der Waals surface area contributed by atoms with Gasteiger partial charge >= 0.3 is 6.16 Å². The van der Waals surface area contributed by atoms with Gasteiger partial charge in [-0.1, -0.05) is 60.7 Å². The molecule has 0 aromatic heterocycles. The second-order valence-electron chi connectivity index (χ2n) is 6.79. The Balaban J connectivity index is 1.53. The number of hydrogen-bond acceptors (Lipinski definition) is 6. The highest BCUT2D eigenvalue weighted by molar-refractivity contribution is 7.89. The normalized spacial score (nSPS) is 12.2. The Kier molecular flexibility index (Phi) is 7.77. The van der Waals surface area contributed by atoms with E-state index >= 15 is 0 Å². The van der Waals surface area contributed by atoms with Gasteiger partial charge in [-0.25, -0.2) is 17.9 Å². The van der Waals surface area contributed by atoms with Crippen LogP contribution in [0.2, 0.25) is 0 Å². The van der Waals surface area contributed by atoms with Gasteiger partial charge in [0, 0.05) is 6.04 Å².